The molecule has 2 aromatic carbocycles. The van der Waals surface area contributed by atoms with E-state index < -0.39 is 0 Å². The van der Waals surface area contributed by atoms with Crippen molar-refractivity contribution in [1.29, 1.82) is 0 Å². The predicted molar refractivity (Wildman–Crippen MR) is 141 cm³/mol. The molecule has 9 heteroatoms. The fourth-order valence-corrected chi connectivity index (χ4v) is 4.27. The lowest BCUT2D eigenvalue weighted by Gasteiger charge is -2.19. The number of rotatable bonds is 6. The van der Waals surface area contributed by atoms with Crippen LogP contribution in [0.5, 0.6) is 11.5 Å². The van der Waals surface area contributed by atoms with Gasteiger partial charge in [0.1, 0.15) is 13.2 Å². The number of fused-ring (bicyclic) bond motifs is 2. The smallest absolute Gasteiger partial charge is 0.256 e. The number of pyridine rings is 1. The molecule has 190 valence electrons. The molecule has 0 unspecified atom stereocenters. The molecule has 0 saturated carbocycles. The highest BCUT2D eigenvalue weighted by Crippen LogP contribution is 2.35. The zero-order valence-corrected chi connectivity index (χ0v) is 21.3. The Morgan fingerprint density at radius 1 is 1.08 bits per heavy atom. The first-order chi connectivity index (χ1) is 17.8. The first kappa shape index (κ1) is 24.3. The van der Waals surface area contributed by atoms with E-state index in [1.54, 1.807) is 24.2 Å². The van der Waals surface area contributed by atoms with Gasteiger partial charge in [0, 0.05) is 37.8 Å². The van der Waals surface area contributed by atoms with E-state index in [0.717, 1.165) is 11.1 Å². The summed E-state index contributed by atoms with van der Waals surface area (Å²) in [6.07, 6.45) is 1.68. The summed E-state index contributed by atoms with van der Waals surface area (Å²) >= 11 is 0. The van der Waals surface area contributed by atoms with Crippen LogP contribution in [0.25, 0.3) is 22.3 Å². The van der Waals surface area contributed by atoms with E-state index in [9.17, 15) is 9.59 Å². The number of para-hydroxylation sites is 1. The number of anilines is 1. The fourth-order valence-electron chi connectivity index (χ4n) is 4.27. The molecule has 5 rings (SSSR count). The Morgan fingerprint density at radius 2 is 1.84 bits per heavy atom. The highest BCUT2D eigenvalue weighted by atomic mass is 16.6. The van der Waals surface area contributed by atoms with Crippen molar-refractivity contribution >= 4 is 28.5 Å². The lowest BCUT2D eigenvalue weighted by atomic mass is 10.0. The molecular weight excluding hydrogens is 470 g/mol. The van der Waals surface area contributed by atoms with E-state index in [0.29, 0.717) is 59.2 Å². The number of carbonyl (C=O) groups excluding carboxylic acids is 2. The summed E-state index contributed by atoms with van der Waals surface area (Å²) in [7, 11) is 1.73. The number of amides is 2. The first-order valence-electron chi connectivity index (χ1n) is 12.2. The van der Waals surface area contributed by atoms with E-state index in [-0.39, 0.29) is 17.9 Å². The molecule has 4 aromatic rings. The summed E-state index contributed by atoms with van der Waals surface area (Å²) in [4.78, 5) is 31.9. The van der Waals surface area contributed by atoms with Crippen LogP contribution in [-0.4, -0.2) is 51.7 Å². The van der Waals surface area contributed by atoms with Gasteiger partial charge in [0.2, 0.25) is 5.91 Å². The van der Waals surface area contributed by atoms with Crippen molar-refractivity contribution in [2.45, 2.75) is 33.4 Å². The summed E-state index contributed by atoms with van der Waals surface area (Å²) in [5.41, 5.74) is 3.99. The molecule has 0 aliphatic carbocycles. The van der Waals surface area contributed by atoms with Gasteiger partial charge >= 0.3 is 0 Å². The summed E-state index contributed by atoms with van der Waals surface area (Å²) in [5.74, 6) is 1.00. The van der Waals surface area contributed by atoms with E-state index in [2.05, 4.69) is 10.4 Å². The maximum atomic E-state index is 13.7. The number of benzene rings is 2. The van der Waals surface area contributed by atoms with Crippen LogP contribution in [0.4, 0.5) is 5.69 Å². The molecule has 1 aliphatic heterocycles. The van der Waals surface area contributed by atoms with Crippen LogP contribution in [0.2, 0.25) is 0 Å². The van der Waals surface area contributed by atoms with Crippen molar-refractivity contribution in [2.75, 3.05) is 25.6 Å². The van der Waals surface area contributed by atoms with Gasteiger partial charge in [-0.05, 0) is 49.7 Å². The molecule has 2 amide bonds. The SMILES string of the molecule is CC(=O)N(C)Cc1ccccc1NC(=O)c1cc(-c2ccc3c(c2)OCCO3)nc2c1cnn2C(C)C. The van der Waals surface area contributed by atoms with Crippen LogP contribution in [0.15, 0.2) is 54.7 Å². The predicted octanol–water partition coefficient (Wildman–Crippen LogP) is 4.68. The number of hydrogen-bond acceptors (Lipinski definition) is 6. The molecule has 1 N–H and O–H groups in total. The van der Waals surface area contributed by atoms with Gasteiger partial charge in [-0.1, -0.05) is 18.2 Å². The number of nitrogens with zero attached hydrogens (tertiary/aromatic N) is 4. The van der Waals surface area contributed by atoms with Crippen molar-refractivity contribution < 1.29 is 19.1 Å². The Bertz CT molecular complexity index is 1490. The largest absolute Gasteiger partial charge is 0.486 e. The minimum absolute atomic E-state index is 0.0536. The van der Waals surface area contributed by atoms with Crippen LogP contribution in [0, 0.1) is 0 Å². The second-order valence-electron chi connectivity index (χ2n) is 9.32. The molecule has 3 heterocycles. The highest BCUT2D eigenvalue weighted by Gasteiger charge is 2.21. The molecule has 0 spiro atoms. The summed E-state index contributed by atoms with van der Waals surface area (Å²) < 4.78 is 13.2. The third-order valence-corrected chi connectivity index (χ3v) is 6.35. The Kier molecular flexibility index (Phi) is 6.52. The molecule has 37 heavy (non-hydrogen) atoms. The Labute approximate surface area is 215 Å². The molecule has 0 radical (unpaired) electrons. The molecular formula is C28H29N5O4. The molecule has 1 aliphatic rings. The third kappa shape index (κ3) is 4.84. The van der Waals surface area contributed by atoms with Gasteiger partial charge in [0.25, 0.3) is 5.91 Å². The fraction of sp³-hybridized carbons (Fsp3) is 0.286. The average molecular weight is 500 g/mol. The van der Waals surface area contributed by atoms with E-state index in [1.165, 1.54) is 6.92 Å². The quantitative estimate of drug-likeness (QED) is 0.414. The van der Waals surface area contributed by atoms with Gasteiger partial charge in [-0.15, -0.1) is 0 Å². The Hall–Kier alpha value is -4.40. The summed E-state index contributed by atoms with van der Waals surface area (Å²) in [6.45, 7) is 6.93. The van der Waals surface area contributed by atoms with Crippen molar-refractivity contribution in [2.24, 2.45) is 0 Å². The van der Waals surface area contributed by atoms with Gasteiger partial charge in [-0.3, -0.25) is 9.59 Å². The number of nitrogens with one attached hydrogen (secondary N) is 1. The first-order valence-corrected chi connectivity index (χ1v) is 12.2. The van der Waals surface area contributed by atoms with Crippen LogP contribution in [0.3, 0.4) is 0 Å². The van der Waals surface area contributed by atoms with Gasteiger partial charge in [0.05, 0.1) is 22.8 Å². The number of ether oxygens (including phenoxy) is 2. The highest BCUT2D eigenvalue weighted by molar-refractivity contribution is 6.13. The van der Waals surface area contributed by atoms with Crippen LogP contribution in [-0.2, 0) is 11.3 Å². The van der Waals surface area contributed by atoms with Gasteiger partial charge < -0.3 is 19.7 Å². The maximum absolute atomic E-state index is 13.7. The summed E-state index contributed by atoms with van der Waals surface area (Å²) in [6, 6.07) is 15.0. The minimum atomic E-state index is -0.285. The van der Waals surface area contributed by atoms with Crippen LogP contribution in [0.1, 0.15) is 42.7 Å². The van der Waals surface area contributed by atoms with Crippen molar-refractivity contribution in [3.05, 3.63) is 65.9 Å². The van der Waals surface area contributed by atoms with Crippen LogP contribution < -0.4 is 14.8 Å². The zero-order chi connectivity index (χ0) is 26.1. The lowest BCUT2D eigenvalue weighted by molar-refractivity contribution is -0.128. The summed E-state index contributed by atoms with van der Waals surface area (Å²) in [5, 5.41) is 8.21. The van der Waals surface area contributed by atoms with Crippen molar-refractivity contribution in [3.63, 3.8) is 0 Å². The van der Waals surface area contributed by atoms with Crippen molar-refractivity contribution in [1.82, 2.24) is 19.7 Å². The van der Waals surface area contributed by atoms with Gasteiger partial charge in [-0.2, -0.15) is 5.10 Å². The maximum Gasteiger partial charge on any atom is 0.256 e. The third-order valence-electron chi connectivity index (χ3n) is 6.35. The monoisotopic (exact) mass is 499 g/mol. The number of carbonyl (C=O) groups is 2. The molecule has 0 atom stereocenters. The van der Waals surface area contributed by atoms with Gasteiger partial charge in [0.15, 0.2) is 17.1 Å². The number of aromatic nitrogens is 3. The second kappa shape index (κ2) is 9.93. The normalized spacial score (nSPS) is 12.6. The topological polar surface area (TPSA) is 98.6 Å². The Morgan fingerprint density at radius 3 is 2.59 bits per heavy atom. The molecule has 0 saturated heterocycles. The molecule has 0 bridgehead atoms. The molecule has 0 fully saturated rings. The number of hydrogen-bond donors (Lipinski definition) is 1. The zero-order valence-electron chi connectivity index (χ0n) is 21.3. The van der Waals surface area contributed by atoms with E-state index >= 15 is 0 Å². The minimum Gasteiger partial charge on any atom is -0.486 e. The standard InChI is InChI=1S/C28H29N5O4/c1-17(2)33-27-22(15-29-33)21(14-24(30-27)19-9-10-25-26(13-19)37-12-11-36-25)28(35)31-23-8-6-5-7-20(23)16-32(4)18(3)34/h5-10,13-15,17H,11-12,16H2,1-4H3,(H,31,35). The Balaban J connectivity index is 1.57. The molecule has 2 aromatic heterocycles. The second-order valence-corrected chi connectivity index (χ2v) is 9.32. The molecule has 9 nitrogen and oxygen atoms in total. The lowest BCUT2D eigenvalue weighted by Crippen LogP contribution is -2.24. The van der Waals surface area contributed by atoms with E-state index in [1.807, 2.05) is 61.0 Å². The van der Waals surface area contributed by atoms with Crippen molar-refractivity contribution in [3.8, 4) is 22.8 Å². The van der Waals surface area contributed by atoms with E-state index in [4.69, 9.17) is 14.5 Å². The van der Waals surface area contributed by atoms with Crippen LogP contribution >= 0.6 is 0 Å². The van der Waals surface area contributed by atoms with Gasteiger partial charge in [-0.25, -0.2) is 9.67 Å². The average Bonchev–Trinajstić information content (AvgIpc) is 3.33.